The minimum Gasteiger partial charge on any atom is -0.460 e. The number of hydrogen-bond donors (Lipinski definition) is 4. The fourth-order valence-corrected chi connectivity index (χ4v) is 2.93. The minimum atomic E-state index is -0.640. The highest BCUT2D eigenvalue weighted by Crippen LogP contribution is 2.20. The van der Waals surface area contributed by atoms with Crippen molar-refractivity contribution >= 4 is 29.4 Å². The highest BCUT2D eigenvalue weighted by atomic mass is 16.5. The fraction of sp³-hybridized carbons (Fsp3) is 0.583. The zero-order chi connectivity index (χ0) is 25.2. The van der Waals surface area contributed by atoms with Gasteiger partial charge >= 0.3 is 12.0 Å². The van der Waals surface area contributed by atoms with Crippen LogP contribution in [0.1, 0.15) is 59.4 Å². The van der Waals surface area contributed by atoms with E-state index in [2.05, 4.69) is 10.6 Å². The van der Waals surface area contributed by atoms with Crippen LogP contribution in [0.2, 0.25) is 0 Å². The van der Waals surface area contributed by atoms with Gasteiger partial charge in [0, 0.05) is 24.6 Å². The van der Waals surface area contributed by atoms with Crippen LogP contribution in [0.3, 0.4) is 0 Å². The van der Waals surface area contributed by atoms with Gasteiger partial charge in [0.25, 0.3) is 0 Å². The number of amides is 3. The van der Waals surface area contributed by atoms with E-state index in [1.165, 1.54) is 0 Å². The molecule has 33 heavy (non-hydrogen) atoms. The van der Waals surface area contributed by atoms with Crippen LogP contribution in [0.15, 0.2) is 24.3 Å². The van der Waals surface area contributed by atoms with Crippen molar-refractivity contribution in [2.24, 2.45) is 28.7 Å². The average molecular weight is 463 g/mol. The summed E-state index contributed by atoms with van der Waals surface area (Å²) in [6, 6.07) is 5.67. The molecule has 0 aliphatic carbocycles. The van der Waals surface area contributed by atoms with Crippen LogP contribution in [0.5, 0.6) is 0 Å². The Hall–Kier alpha value is -2.94. The molecule has 0 saturated carbocycles. The Balaban J connectivity index is 2.76. The fourth-order valence-electron chi connectivity index (χ4n) is 2.93. The third-order valence-corrected chi connectivity index (χ3v) is 5.14. The van der Waals surface area contributed by atoms with E-state index in [4.69, 9.17) is 16.2 Å². The Morgan fingerprint density at radius 2 is 1.67 bits per heavy atom. The molecule has 9 nitrogen and oxygen atoms in total. The first-order valence-electron chi connectivity index (χ1n) is 11.2. The van der Waals surface area contributed by atoms with E-state index in [1.807, 2.05) is 13.8 Å². The molecule has 1 rings (SSSR count). The molecule has 2 atom stereocenters. The first-order chi connectivity index (χ1) is 15.3. The summed E-state index contributed by atoms with van der Waals surface area (Å²) >= 11 is 0. The lowest BCUT2D eigenvalue weighted by atomic mass is 9.90. The highest BCUT2D eigenvalue weighted by Gasteiger charge is 2.26. The molecule has 0 aromatic heterocycles. The van der Waals surface area contributed by atoms with Gasteiger partial charge in [0.15, 0.2) is 5.78 Å². The minimum absolute atomic E-state index is 0.0165. The molecular formula is C24H38N4O5. The number of ketones is 1. The third-order valence-electron chi connectivity index (χ3n) is 5.14. The summed E-state index contributed by atoms with van der Waals surface area (Å²) in [5, 5.41) is 5.31. The number of nitrogens with two attached hydrogens (primary N) is 2. The van der Waals surface area contributed by atoms with Gasteiger partial charge in [0.05, 0.1) is 11.5 Å². The second-order valence-electron chi connectivity index (χ2n) is 9.58. The maximum absolute atomic E-state index is 12.9. The molecule has 1 aromatic rings. The molecule has 0 aliphatic rings. The van der Waals surface area contributed by atoms with E-state index >= 15 is 0 Å². The number of rotatable bonds is 12. The van der Waals surface area contributed by atoms with Crippen molar-refractivity contribution in [2.45, 2.75) is 66.5 Å². The quantitative estimate of drug-likeness (QED) is 0.277. The Bertz CT molecular complexity index is 815. The Kier molecular flexibility index (Phi) is 11.0. The van der Waals surface area contributed by atoms with Gasteiger partial charge in [-0.2, -0.15) is 0 Å². The zero-order valence-corrected chi connectivity index (χ0v) is 20.3. The van der Waals surface area contributed by atoms with Crippen LogP contribution < -0.4 is 22.1 Å². The number of Topliss-reactive ketones (excluding diaryl/α,β-unsaturated/α-hetero) is 1. The van der Waals surface area contributed by atoms with Crippen LogP contribution >= 0.6 is 0 Å². The van der Waals surface area contributed by atoms with Crippen LogP contribution in [0.25, 0.3) is 0 Å². The second-order valence-corrected chi connectivity index (χ2v) is 9.58. The molecule has 1 aromatic carbocycles. The van der Waals surface area contributed by atoms with Crippen molar-refractivity contribution in [1.29, 1.82) is 0 Å². The number of hydrogen-bond acceptors (Lipinski definition) is 6. The molecule has 0 heterocycles. The molecule has 184 valence electrons. The summed E-state index contributed by atoms with van der Waals surface area (Å²) in [4.78, 5) is 48.1. The summed E-state index contributed by atoms with van der Waals surface area (Å²) in [5.74, 6) is -1.39. The summed E-state index contributed by atoms with van der Waals surface area (Å²) < 4.78 is 5.29. The van der Waals surface area contributed by atoms with Crippen molar-refractivity contribution in [3.63, 3.8) is 0 Å². The number of anilines is 1. The Morgan fingerprint density at radius 3 is 2.18 bits per heavy atom. The van der Waals surface area contributed by atoms with Crippen molar-refractivity contribution < 1.29 is 23.9 Å². The summed E-state index contributed by atoms with van der Waals surface area (Å²) in [6.45, 7) is 9.52. The maximum atomic E-state index is 12.9. The number of nitrogens with one attached hydrogen (secondary N) is 2. The van der Waals surface area contributed by atoms with Crippen LogP contribution in [0.4, 0.5) is 10.5 Å². The van der Waals surface area contributed by atoms with Gasteiger partial charge in [-0.3, -0.25) is 14.4 Å². The monoisotopic (exact) mass is 462 g/mol. The van der Waals surface area contributed by atoms with Crippen LogP contribution in [-0.4, -0.2) is 36.3 Å². The maximum Gasteiger partial charge on any atom is 0.312 e. The number of urea groups is 1. The van der Waals surface area contributed by atoms with Gasteiger partial charge in [0.2, 0.25) is 5.91 Å². The lowest BCUT2D eigenvalue weighted by Gasteiger charge is -2.20. The van der Waals surface area contributed by atoms with E-state index in [0.29, 0.717) is 25.1 Å². The molecule has 0 saturated heterocycles. The lowest BCUT2D eigenvalue weighted by Crippen LogP contribution is -2.38. The number of primary amides is 1. The molecule has 3 amide bonds. The SMILES string of the molecule is CC(C)[C@H](N)C(=O)C[C@@H](CCCNC(N)=O)C(=O)Nc1ccc(COC(=O)C(C)(C)C)cc1. The molecule has 6 N–H and O–H groups in total. The summed E-state index contributed by atoms with van der Waals surface area (Å²) in [6.07, 6.45) is 0.898. The first-order valence-corrected chi connectivity index (χ1v) is 11.2. The van der Waals surface area contributed by atoms with Crippen LogP contribution in [-0.2, 0) is 25.7 Å². The normalized spacial score (nSPS) is 13.2. The largest absolute Gasteiger partial charge is 0.460 e. The van der Waals surface area contributed by atoms with Gasteiger partial charge in [0.1, 0.15) is 6.61 Å². The molecule has 0 radical (unpaired) electrons. The molecule has 0 spiro atoms. The van der Waals surface area contributed by atoms with Crippen molar-refractivity contribution in [2.75, 3.05) is 11.9 Å². The van der Waals surface area contributed by atoms with Crippen molar-refractivity contribution in [1.82, 2.24) is 5.32 Å². The molecule has 0 bridgehead atoms. The molecule has 0 aliphatic heterocycles. The number of ether oxygens (including phenoxy) is 1. The summed E-state index contributed by atoms with van der Waals surface area (Å²) in [5.41, 5.74) is 11.8. The Labute approximate surface area is 196 Å². The molecule has 0 unspecified atom stereocenters. The lowest BCUT2D eigenvalue weighted by molar-refractivity contribution is -0.154. The highest BCUT2D eigenvalue weighted by molar-refractivity contribution is 5.96. The number of carbonyl (C=O) groups is 4. The molecular weight excluding hydrogens is 424 g/mol. The Morgan fingerprint density at radius 1 is 1.06 bits per heavy atom. The molecule has 9 heteroatoms. The van der Waals surface area contributed by atoms with Crippen molar-refractivity contribution in [3.05, 3.63) is 29.8 Å². The van der Waals surface area contributed by atoms with Gasteiger partial charge < -0.3 is 26.8 Å². The first kappa shape index (κ1) is 28.1. The zero-order valence-electron chi connectivity index (χ0n) is 20.3. The van der Waals surface area contributed by atoms with E-state index in [1.54, 1.807) is 45.0 Å². The van der Waals surface area contributed by atoms with Gasteiger partial charge in [-0.15, -0.1) is 0 Å². The topological polar surface area (TPSA) is 154 Å². The van der Waals surface area contributed by atoms with Crippen LogP contribution in [0, 0.1) is 17.3 Å². The number of esters is 1. The van der Waals surface area contributed by atoms with E-state index in [9.17, 15) is 19.2 Å². The van der Waals surface area contributed by atoms with Gasteiger partial charge in [-0.25, -0.2) is 4.79 Å². The van der Waals surface area contributed by atoms with E-state index in [-0.39, 0.29) is 36.6 Å². The predicted octanol–water partition coefficient (Wildman–Crippen LogP) is 2.72. The number of carbonyl (C=O) groups excluding carboxylic acids is 4. The van der Waals surface area contributed by atoms with Gasteiger partial charge in [-0.05, 0) is 57.2 Å². The standard InChI is InChI=1S/C24H38N4O5/c1-15(2)20(25)19(29)13-17(7-6-12-27-23(26)32)21(30)28-18-10-8-16(9-11-18)14-33-22(31)24(3,4)5/h8-11,15,17,20H,6-7,12-14,25H2,1-5H3,(H,28,30)(H3,26,27,32)/t17-,20+/m1/s1. The third kappa shape index (κ3) is 10.5. The van der Waals surface area contributed by atoms with E-state index in [0.717, 1.165) is 5.56 Å². The average Bonchev–Trinajstić information content (AvgIpc) is 2.73. The molecule has 0 fully saturated rings. The number of benzene rings is 1. The van der Waals surface area contributed by atoms with E-state index < -0.39 is 23.4 Å². The smallest absolute Gasteiger partial charge is 0.312 e. The van der Waals surface area contributed by atoms with Gasteiger partial charge in [-0.1, -0.05) is 26.0 Å². The predicted molar refractivity (Wildman–Crippen MR) is 127 cm³/mol. The summed E-state index contributed by atoms with van der Waals surface area (Å²) in [7, 11) is 0. The van der Waals surface area contributed by atoms with Crippen molar-refractivity contribution in [3.8, 4) is 0 Å². The second kappa shape index (κ2) is 12.9.